The van der Waals surface area contributed by atoms with Crippen molar-refractivity contribution in [2.45, 2.75) is 25.9 Å². The van der Waals surface area contributed by atoms with Gasteiger partial charge in [-0.3, -0.25) is 11.3 Å². The summed E-state index contributed by atoms with van der Waals surface area (Å²) in [5.41, 5.74) is 5.06. The van der Waals surface area contributed by atoms with Gasteiger partial charge < -0.3 is 4.57 Å². The third kappa shape index (κ3) is 2.82. The summed E-state index contributed by atoms with van der Waals surface area (Å²) in [6.07, 6.45) is 0.732. The number of imidazole rings is 1. The number of benzene rings is 1. The van der Waals surface area contributed by atoms with Gasteiger partial charge in [0.15, 0.2) is 0 Å². The van der Waals surface area contributed by atoms with Crippen LogP contribution < -0.4 is 11.3 Å². The van der Waals surface area contributed by atoms with Crippen molar-refractivity contribution in [1.82, 2.24) is 15.0 Å². The van der Waals surface area contributed by atoms with Crippen LogP contribution in [0.1, 0.15) is 23.7 Å². The number of hydrogen-bond donors (Lipinski definition) is 2. The summed E-state index contributed by atoms with van der Waals surface area (Å²) >= 11 is 7.56. The van der Waals surface area contributed by atoms with Gasteiger partial charge in [0.25, 0.3) is 0 Å². The van der Waals surface area contributed by atoms with E-state index in [2.05, 4.69) is 23.0 Å². The fourth-order valence-corrected chi connectivity index (χ4v) is 3.70. The van der Waals surface area contributed by atoms with Gasteiger partial charge in [0.2, 0.25) is 0 Å². The van der Waals surface area contributed by atoms with Crippen molar-refractivity contribution < 1.29 is 0 Å². The highest BCUT2D eigenvalue weighted by Gasteiger charge is 2.17. The molecule has 2 heterocycles. The molecule has 0 amide bonds. The van der Waals surface area contributed by atoms with Crippen molar-refractivity contribution in [2.75, 3.05) is 0 Å². The molecule has 0 aliphatic heterocycles. The SMILES string of the molecule is CCn1c(CC(NN)c2ccc(Cl)s2)nc2ccccc21. The van der Waals surface area contributed by atoms with E-state index in [-0.39, 0.29) is 6.04 Å². The Balaban J connectivity index is 1.96. The van der Waals surface area contributed by atoms with Gasteiger partial charge in [-0.05, 0) is 31.2 Å². The number of nitrogens with two attached hydrogens (primary N) is 1. The third-order valence-electron chi connectivity index (χ3n) is 3.58. The van der Waals surface area contributed by atoms with E-state index in [1.54, 1.807) is 11.3 Å². The molecule has 0 radical (unpaired) electrons. The van der Waals surface area contributed by atoms with Gasteiger partial charge in [0, 0.05) is 17.8 Å². The zero-order chi connectivity index (χ0) is 14.8. The molecule has 4 nitrogen and oxygen atoms in total. The minimum atomic E-state index is 0.0182. The molecular formula is C15H17ClN4S. The van der Waals surface area contributed by atoms with E-state index in [1.165, 1.54) is 0 Å². The van der Waals surface area contributed by atoms with Gasteiger partial charge >= 0.3 is 0 Å². The molecule has 3 aromatic rings. The van der Waals surface area contributed by atoms with Crippen LogP contribution in [0, 0.1) is 0 Å². The third-order valence-corrected chi connectivity index (χ3v) is 4.92. The highest BCUT2D eigenvalue weighted by Crippen LogP contribution is 2.29. The Morgan fingerprint density at radius 1 is 1.33 bits per heavy atom. The lowest BCUT2D eigenvalue weighted by molar-refractivity contribution is 0.533. The number of thiophene rings is 1. The predicted octanol–water partition coefficient (Wildman–Crippen LogP) is 3.52. The molecule has 0 saturated heterocycles. The summed E-state index contributed by atoms with van der Waals surface area (Å²) < 4.78 is 3.00. The molecule has 0 aliphatic carbocycles. The lowest BCUT2D eigenvalue weighted by atomic mass is 10.1. The zero-order valence-electron chi connectivity index (χ0n) is 11.7. The Labute approximate surface area is 132 Å². The molecular weight excluding hydrogens is 304 g/mol. The smallest absolute Gasteiger partial charge is 0.111 e. The van der Waals surface area contributed by atoms with Gasteiger partial charge in [-0.2, -0.15) is 0 Å². The standard InChI is InChI=1S/C15H17ClN4S/c1-2-20-12-6-4-3-5-10(12)18-15(20)9-11(19-17)13-7-8-14(16)21-13/h3-8,11,19H,2,9,17H2,1H3. The van der Waals surface area contributed by atoms with Gasteiger partial charge in [0.1, 0.15) is 5.82 Å². The van der Waals surface area contributed by atoms with E-state index in [1.807, 2.05) is 30.3 Å². The van der Waals surface area contributed by atoms with Crippen LogP contribution in [-0.2, 0) is 13.0 Å². The van der Waals surface area contributed by atoms with Crippen LogP contribution >= 0.6 is 22.9 Å². The molecule has 2 aromatic heterocycles. The first kappa shape index (κ1) is 14.5. The molecule has 1 unspecified atom stereocenters. The first-order chi connectivity index (χ1) is 10.2. The molecule has 0 fully saturated rings. The van der Waals surface area contributed by atoms with Crippen molar-refractivity contribution in [3.63, 3.8) is 0 Å². The molecule has 1 aromatic carbocycles. The Morgan fingerprint density at radius 2 is 2.14 bits per heavy atom. The Bertz CT molecular complexity index is 749. The minimum Gasteiger partial charge on any atom is -0.328 e. The summed E-state index contributed by atoms with van der Waals surface area (Å²) in [5.74, 6) is 6.76. The van der Waals surface area contributed by atoms with E-state index in [4.69, 9.17) is 22.4 Å². The Morgan fingerprint density at radius 3 is 2.81 bits per heavy atom. The van der Waals surface area contributed by atoms with E-state index in [0.717, 1.165) is 39.0 Å². The monoisotopic (exact) mass is 320 g/mol. The Hall–Kier alpha value is -1.40. The fourth-order valence-electron chi connectivity index (χ4n) is 2.57. The summed E-state index contributed by atoms with van der Waals surface area (Å²) in [6, 6.07) is 12.1. The first-order valence-electron chi connectivity index (χ1n) is 6.88. The summed E-state index contributed by atoms with van der Waals surface area (Å²) in [5, 5.41) is 0. The lowest BCUT2D eigenvalue weighted by Gasteiger charge is -2.14. The van der Waals surface area contributed by atoms with E-state index < -0.39 is 0 Å². The Kier molecular flexibility index (Phi) is 4.26. The van der Waals surface area contributed by atoms with Crippen molar-refractivity contribution in [3.05, 3.63) is 51.4 Å². The van der Waals surface area contributed by atoms with Crippen molar-refractivity contribution in [3.8, 4) is 0 Å². The van der Waals surface area contributed by atoms with E-state index >= 15 is 0 Å². The number of aryl methyl sites for hydroxylation is 1. The average molecular weight is 321 g/mol. The molecule has 3 N–H and O–H groups in total. The highest BCUT2D eigenvalue weighted by molar-refractivity contribution is 7.16. The molecule has 6 heteroatoms. The lowest BCUT2D eigenvalue weighted by Crippen LogP contribution is -2.29. The minimum absolute atomic E-state index is 0.0182. The average Bonchev–Trinajstić information content (AvgIpc) is 3.07. The normalized spacial score (nSPS) is 12.9. The van der Waals surface area contributed by atoms with Crippen LogP contribution in [0.15, 0.2) is 36.4 Å². The number of halogens is 1. The number of fused-ring (bicyclic) bond motifs is 1. The summed E-state index contributed by atoms with van der Waals surface area (Å²) in [7, 11) is 0. The molecule has 0 aliphatic rings. The molecule has 21 heavy (non-hydrogen) atoms. The summed E-state index contributed by atoms with van der Waals surface area (Å²) in [4.78, 5) is 5.87. The first-order valence-corrected chi connectivity index (χ1v) is 8.08. The number of nitrogens with zero attached hydrogens (tertiary/aromatic N) is 2. The van der Waals surface area contributed by atoms with Crippen LogP contribution in [0.25, 0.3) is 11.0 Å². The topological polar surface area (TPSA) is 55.9 Å². The summed E-state index contributed by atoms with van der Waals surface area (Å²) in [6.45, 7) is 3.02. The maximum atomic E-state index is 6.02. The number of para-hydroxylation sites is 2. The van der Waals surface area contributed by atoms with Crippen molar-refractivity contribution in [2.24, 2.45) is 5.84 Å². The number of hydrogen-bond acceptors (Lipinski definition) is 4. The van der Waals surface area contributed by atoms with Crippen LogP contribution in [0.3, 0.4) is 0 Å². The molecule has 0 spiro atoms. The second kappa shape index (κ2) is 6.15. The second-order valence-corrected chi connectivity index (χ2v) is 6.57. The molecule has 110 valence electrons. The molecule has 0 bridgehead atoms. The highest BCUT2D eigenvalue weighted by atomic mass is 35.5. The van der Waals surface area contributed by atoms with Crippen molar-refractivity contribution in [1.29, 1.82) is 0 Å². The predicted molar refractivity (Wildman–Crippen MR) is 88.5 cm³/mol. The van der Waals surface area contributed by atoms with Crippen LogP contribution in [0.5, 0.6) is 0 Å². The van der Waals surface area contributed by atoms with Gasteiger partial charge in [0.05, 0.1) is 21.4 Å². The molecule has 1 atom stereocenters. The number of nitrogens with one attached hydrogen (secondary N) is 1. The van der Waals surface area contributed by atoms with E-state index in [0.29, 0.717) is 0 Å². The van der Waals surface area contributed by atoms with Gasteiger partial charge in [-0.15, -0.1) is 11.3 Å². The fraction of sp³-hybridized carbons (Fsp3) is 0.267. The number of aromatic nitrogens is 2. The van der Waals surface area contributed by atoms with Crippen LogP contribution in [0.2, 0.25) is 4.34 Å². The number of rotatable bonds is 5. The molecule has 3 rings (SSSR count). The largest absolute Gasteiger partial charge is 0.328 e. The van der Waals surface area contributed by atoms with Crippen LogP contribution in [0.4, 0.5) is 0 Å². The van der Waals surface area contributed by atoms with Gasteiger partial charge in [-0.1, -0.05) is 23.7 Å². The number of hydrazine groups is 1. The van der Waals surface area contributed by atoms with Gasteiger partial charge in [-0.25, -0.2) is 4.98 Å². The zero-order valence-corrected chi connectivity index (χ0v) is 13.3. The van der Waals surface area contributed by atoms with E-state index in [9.17, 15) is 0 Å². The maximum absolute atomic E-state index is 6.02. The second-order valence-electron chi connectivity index (χ2n) is 4.83. The van der Waals surface area contributed by atoms with Crippen molar-refractivity contribution >= 4 is 34.0 Å². The molecule has 0 saturated carbocycles. The maximum Gasteiger partial charge on any atom is 0.111 e. The quantitative estimate of drug-likeness (QED) is 0.558. The van der Waals surface area contributed by atoms with Crippen LogP contribution in [-0.4, -0.2) is 9.55 Å².